The molecule has 0 spiro atoms. The van der Waals surface area contributed by atoms with Crippen LogP contribution in [0.4, 0.5) is 0 Å². The highest BCUT2D eigenvalue weighted by molar-refractivity contribution is 7.10. The van der Waals surface area contributed by atoms with Crippen molar-refractivity contribution in [1.82, 2.24) is 5.32 Å². The van der Waals surface area contributed by atoms with Gasteiger partial charge in [-0.3, -0.25) is 0 Å². The van der Waals surface area contributed by atoms with Gasteiger partial charge in [-0.2, -0.15) is 0 Å². The molecule has 0 bridgehead atoms. The minimum Gasteiger partial charge on any atom is -0.394 e. The third-order valence-electron chi connectivity index (χ3n) is 2.86. The second kappa shape index (κ2) is 5.96. The molecule has 1 aromatic carbocycles. The molecule has 0 radical (unpaired) electrons. The first-order valence-electron chi connectivity index (χ1n) is 5.73. The van der Waals surface area contributed by atoms with Gasteiger partial charge >= 0.3 is 0 Å². The summed E-state index contributed by atoms with van der Waals surface area (Å²) in [6.07, 6.45) is 0. The van der Waals surface area contributed by atoms with Crippen molar-refractivity contribution in [2.24, 2.45) is 0 Å². The summed E-state index contributed by atoms with van der Waals surface area (Å²) in [7, 11) is 0. The number of aliphatic hydroxyl groups is 1. The van der Waals surface area contributed by atoms with Crippen molar-refractivity contribution in [2.75, 3.05) is 6.61 Å². The van der Waals surface area contributed by atoms with Crippen molar-refractivity contribution in [1.29, 1.82) is 0 Å². The lowest BCUT2D eigenvalue weighted by molar-refractivity contribution is 0.244. The largest absolute Gasteiger partial charge is 0.394 e. The highest BCUT2D eigenvalue weighted by Crippen LogP contribution is 2.18. The first-order valence-corrected chi connectivity index (χ1v) is 6.61. The topological polar surface area (TPSA) is 32.3 Å². The van der Waals surface area contributed by atoms with E-state index in [1.165, 1.54) is 10.4 Å². The molecule has 0 unspecified atom stereocenters. The van der Waals surface area contributed by atoms with Crippen LogP contribution in [0, 0.1) is 6.92 Å². The number of aryl methyl sites for hydroxylation is 1. The molecule has 1 atom stereocenters. The lowest BCUT2D eigenvalue weighted by Gasteiger charge is -2.16. The van der Waals surface area contributed by atoms with Crippen molar-refractivity contribution < 1.29 is 5.11 Å². The molecular weight excluding hydrogens is 230 g/mol. The fourth-order valence-electron chi connectivity index (χ4n) is 1.77. The number of thiophene rings is 1. The minimum absolute atomic E-state index is 0.0118. The maximum atomic E-state index is 9.42. The summed E-state index contributed by atoms with van der Waals surface area (Å²) in [5.74, 6) is 0. The summed E-state index contributed by atoms with van der Waals surface area (Å²) in [5.41, 5.74) is 2.44. The van der Waals surface area contributed by atoms with Crippen LogP contribution < -0.4 is 5.32 Å². The Morgan fingerprint density at radius 3 is 2.59 bits per heavy atom. The molecule has 1 heterocycles. The third kappa shape index (κ3) is 3.16. The Bertz CT molecular complexity index is 452. The molecular formula is C14H17NOS. The lowest BCUT2D eigenvalue weighted by atomic mass is 10.1. The van der Waals surface area contributed by atoms with E-state index in [0.717, 1.165) is 12.1 Å². The van der Waals surface area contributed by atoms with Gasteiger partial charge < -0.3 is 10.4 Å². The van der Waals surface area contributed by atoms with Crippen LogP contribution in [0.5, 0.6) is 0 Å². The molecule has 2 nitrogen and oxygen atoms in total. The Hall–Kier alpha value is -1.16. The van der Waals surface area contributed by atoms with Crippen molar-refractivity contribution in [3.8, 4) is 0 Å². The molecule has 90 valence electrons. The number of nitrogens with one attached hydrogen (secondary N) is 1. The predicted octanol–water partition coefficient (Wildman–Crippen LogP) is 2.88. The van der Waals surface area contributed by atoms with E-state index in [1.807, 2.05) is 30.3 Å². The van der Waals surface area contributed by atoms with Crippen LogP contribution in [0.15, 0.2) is 41.8 Å². The molecule has 0 aliphatic rings. The van der Waals surface area contributed by atoms with E-state index in [2.05, 4.69) is 23.7 Å². The number of benzene rings is 1. The van der Waals surface area contributed by atoms with Gasteiger partial charge in [-0.15, -0.1) is 11.3 Å². The van der Waals surface area contributed by atoms with Crippen LogP contribution >= 0.6 is 11.3 Å². The van der Waals surface area contributed by atoms with Crippen molar-refractivity contribution in [2.45, 2.75) is 19.5 Å². The molecule has 0 saturated heterocycles. The summed E-state index contributed by atoms with van der Waals surface area (Å²) in [6.45, 7) is 3.04. The van der Waals surface area contributed by atoms with Crippen molar-refractivity contribution in [3.63, 3.8) is 0 Å². The van der Waals surface area contributed by atoms with Gasteiger partial charge in [-0.1, -0.05) is 30.3 Å². The molecule has 2 rings (SSSR count). The fourth-order valence-corrected chi connectivity index (χ4v) is 2.63. The fraction of sp³-hybridized carbons (Fsp3) is 0.286. The Balaban J connectivity index is 1.99. The number of aliphatic hydroxyl groups excluding tert-OH is 1. The average Bonchev–Trinajstić information content (AvgIpc) is 2.77. The van der Waals surface area contributed by atoms with Gasteiger partial charge in [0.25, 0.3) is 0 Å². The highest BCUT2D eigenvalue weighted by atomic mass is 32.1. The van der Waals surface area contributed by atoms with Crippen LogP contribution in [0.25, 0.3) is 0 Å². The smallest absolute Gasteiger partial charge is 0.0626 e. The maximum Gasteiger partial charge on any atom is 0.0626 e. The second-order valence-corrected chi connectivity index (χ2v) is 5.05. The van der Waals surface area contributed by atoms with Gasteiger partial charge in [0.05, 0.1) is 12.6 Å². The summed E-state index contributed by atoms with van der Waals surface area (Å²) >= 11 is 1.75. The lowest BCUT2D eigenvalue weighted by Crippen LogP contribution is -2.23. The molecule has 2 N–H and O–H groups in total. The number of hydrogen-bond donors (Lipinski definition) is 2. The quantitative estimate of drug-likeness (QED) is 0.851. The van der Waals surface area contributed by atoms with Gasteiger partial charge in [0.15, 0.2) is 0 Å². The average molecular weight is 247 g/mol. The predicted molar refractivity (Wildman–Crippen MR) is 72.2 cm³/mol. The zero-order chi connectivity index (χ0) is 12.1. The molecule has 2 aromatic rings. The Kier molecular flexibility index (Phi) is 4.31. The highest BCUT2D eigenvalue weighted by Gasteiger charge is 2.09. The van der Waals surface area contributed by atoms with E-state index in [0.29, 0.717) is 0 Å². The van der Waals surface area contributed by atoms with E-state index < -0.39 is 0 Å². The standard InChI is InChI=1S/C14H17NOS/c1-11-7-8-17-14(11)9-15-13(10-16)12-5-3-2-4-6-12/h2-8,13,15-16H,9-10H2,1H3/t13-/m0/s1. The van der Waals surface area contributed by atoms with Gasteiger partial charge in [-0.05, 0) is 29.5 Å². The van der Waals surface area contributed by atoms with Crippen LogP contribution in [0.1, 0.15) is 22.0 Å². The number of hydrogen-bond acceptors (Lipinski definition) is 3. The summed E-state index contributed by atoms with van der Waals surface area (Å²) in [5, 5.41) is 14.9. The second-order valence-electron chi connectivity index (χ2n) is 4.05. The molecule has 17 heavy (non-hydrogen) atoms. The zero-order valence-electron chi connectivity index (χ0n) is 9.89. The molecule has 0 aliphatic carbocycles. The van der Waals surface area contributed by atoms with E-state index in [-0.39, 0.29) is 12.6 Å². The summed E-state index contributed by atoms with van der Waals surface area (Å²) in [6, 6.07) is 12.2. The SMILES string of the molecule is Cc1ccsc1CN[C@@H](CO)c1ccccc1. The van der Waals surface area contributed by atoms with E-state index in [9.17, 15) is 5.11 Å². The molecule has 0 fully saturated rings. The Morgan fingerprint density at radius 2 is 2.00 bits per heavy atom. The van der Waals surface area contributed by atoms with Gasteiger partial charge in [0, 0.05) is 11.4 Å². The first kappa shape index (κ1) is 12.3. The van der Waals surface area contributed by atoms with E-state index in [4.69, 9.17) is 0 Å². The third-order valence-corrected chi connectivity index (χ3v) is 3.88. The van der Waals surface area contributed by atoms with Gasteiger partial charge in [0.2, 0.25) is 0 Å². The molecule has 0 aliphatic heterocycles. The van der Waals surface area contributed by atoms with Gasteiger partial charge in [-0.25, -0.2) is 0 Å². The van der Waals surface area contributed by atoms with Crippen LogP contribution in [-0.4, -0.2) is 11.7 Å². The first-order chi connectivity index (χ1) is 8.31. The monoisotopic (exact) mass is 247 g/mol. The Morgan fingerprint density at radius 1 is 1.24 bits per heavy atom. The summed E-state index contributed by atoms with van der Waals surface area (Å²) in [4.78, 5) is 1.33. The van der Waals surface area contributed by atoms with Crippen LogP contribution in [0.3, 0.4) is 0 Å². The van der Waals surface area contributed by atoms with Crippen LogP contribution in [-0.2, 0) is 6.54 Å². The molecule has 0 amide bonds. The number of rotatable bonds is 5. The maximum absolute atomic E-state index is 9.42. The van der Waals surface area contributed by atoms with Crippen molar-refractivity contribution >= 4 is 11.3 Å². The normalized spacial score (nSPS) is 12.6. The zero-order valence-corrected chi connectivity index (χ0v) is 10.7. The molecule has 3 heteroatoms. The Labute approximate surface area is 106 Å². The van der Waals surface area contributed by atoms with Crippen molar-refractivity contribution in [3.05, 3.63) is 57.8 Å². The summed E-state index contributed by atoms with van der Waals surface area (Å²) < 4.78 is 0. The van der Waals surface area contributed by atoms with Gasteiger partial charge in [0.1, 0.15) is 0 Å². The molecule has 0 saturated carbocycles. The van der Waals surface area contributed by atoms with E-state index >= 15 is 0 Å². The molecule has 1 aromatic heterocycles. The van der Waals surface area contributed by atoms with E-state index in [1.54, 1.807) is 11.3 Å². The minimum atomic E-state index is 0.0118. The van der Waals surface area contributed by atoms with Crippen LogP contribution in [0.2, 0.25) is 0 Å².